The minimum absolute atomic E-state index is 0.199. The number of hydrogen-bond acceptors (Lipinski definition) is 2. The molecular weight excluding hydrogens is 200 g/mol. The van der Waals surface area contributed by atoms with Gasteiger partial charge in [-0.25, -0.2) is 8.78 Å². The molecule has 0 amide bonds. The lowest BCUT2D eigenvalue weighted by molar-refractivity contribution is 0.00571. The van der Waals surface area contributed by atoms with Gasteiger partial charge in [-0.15, -0.1) is 0 Å². The maximum absolute atomic E-state index is 13.5. The quantitative estimate of drug-likeness (QED) is 0.741. The van der Waals surface area contributed by atoms with Crippen molar-refractivity contribution in [3.05, 3.63) is 35.4 Å². The van der Waals surface area contributed by atoms with E-state index in [0.29, 0.717) is 12.8 Å². The van der Waals surface area contributed by atoms with Crippen molar-refractivity contribution in [2.45, 2.75) is 18.4 Å². The van der Waals surface area contributed by atoms with E-state index in [4.69, 9.17) is 0 Å². The SMILES string of the molecule is OC1(c2c(F)cccc2F)CCCNC1. The second-order valence-electron chi connectivity index (χ2n) is 3.91. The molecular formula is C11H13F2NO. The van der Waals surface area contributed by atoms with Crippen LogP contribution in [-0.2, 0) is 5.60 Å². The summed E-state index contributed by atoms with van der Waals surface area (Å²) in [5, 5.41) is 13.1. The Balaban J connectivity index is 2.42. The Hall–Kier alpha value is -1.00. The second kappa shape index (κ2) is 3.87. The molecule has 0 radical (unpaired) electrons. The van der Waals surface area contributed by atoms with Crippen LogP contribution in [0.3, 0.4) is 0 Å². The van der Waals surface area contributed by atoms with Crippen LogP contribution in [-0.4, -0.2) is 18.2 Å². The number of halogens is 2. The van der Waals surface area contributed by atoms with Gasteiger partial charge in [0, 0.05) is 6.54 Å². The Morgan fingerprint density at radius 2 is 1.93 bits per heavy atom. The molecule has 82 valence electrons. The van der Waals surface area contributed by atoms with E-state index < -0.39 is 17.2 Å². The zero-order valence-corrected chi connectivity index (χ0v) is 8.26. The van der Waals surface area contributed by atoms with Crippen LogP contribution >= 0.6 is 0 Å². The van der Waals surface area contributed by atoms with Gasteiger partial charge in [0.05, 0.1) is 5.56 Å². The van der Waals surface area contributed by atoms with Gasteiger partial charge >= 0.3 is 0 Å². The molecule has 0 spiro atoms. The molecule has 0 saturated carbocycles. The minimum atomic E-state index is -1.41. The van der Waals surface area contributed by atoms with Gasteiger partial charge in [-0.1, -0.05) is 6.07 Å². The highest BCUT2D eigenvalue weighted by Gasteiger charge is 2.36. The predicted molar refractivity (Wildman–Crippen MR) is 52.4 cm³/mol. The van der Waals surface area contributed by atoms with Crippen molar-refractivity contribution in [1.82, 2.24) is 5.32 Å². The summed E-state index contributed by atoms with van der Waals surface area (Å²) in [5.74, 6) is -1.36. The van der Waals surface area contributed by atoms with Crippen LogP contribution in [0.1, 0.15) is 18.4 Å². The molecule has 1 aliphatic heterocycles. The van der Waals surface area contributed by atoms with Gasteiger partial charge in [0.25, 0.3) is 0 Å². The predicted octanol–water partition coefficient (Wildman–Crippen LogP) is 1.54. The third kappa shape index (κ3) is 1.87. The Morgan fingerprint density at radius 1 is 1.27 bits per heavy atom. The van der Waals surface area contributed by atoms with Crippen molar-refractivity contribution >= 4 is 0 Å². The highest BCUT2D eigenvalue weighted by Crippen LogP contribution is 2.31. The molecule has 1 aromatic carbocycles. The molecule has 2 N–H and O–H groups in total. The molecule has 1 unspecified atom stereocenters. The smallest absolute Gasteiger partial charge is 0.132 e. The van der Waals surface area contributed by atoms with Crippen molar-refractivity contribution in [1.29, 1.82) is 0 Å². The molecule has 1 fully saturated rings. The summed E-state index contributed by atoms with van der Waals surface area (Å²) < 4.78 is 26.9. The van der Waals surface area contributed by atoms with E-state index in [0.717, 1.165) is 6.54 Å². The van der Waals surface area contributed by atoms with E-state index in [1.54, 1.807) is 0 Å². The largest absolute Gasteiger partial charge is 0.384 e. The third-order valence-corrected chi connectivity index (χ3v) is 2.79. The van der Waals surface area contributed by atoms with Crippen molar-refractivity contribution < 1.29 is 13.9 Å². The topological polar surface area (TPSA) is 32.3 Å². The van der Waals surface area contributed by atoms with Crippen molar-refractivity contribution in [2.75, 3.05) is 13.1 Å². The lowest BCUT2D eigenvalue weighted by Gasteiger charge is -2.33. The van der Waals surface area contributed by atoms with E-state index in [-0.39, 0.29) is 12.1 Å². The first-order chi connectivity index (χ1) is 7.13. The van der Waals surface area contributed by atoms with Crippen LogP contribution in [0.15, 0.2) is 18.2 Å². The zero-order chi connectivity index (χ0) is 10.9. The van der Waals surface area contributed by atoms with Gasteiger partial charge in [0.1, 0.15) is 17.2 Å². The molecule has 1 atom stereocenters. The summed E-state index contributed by atoms with van der Waals surface area (Å²) in [7, 11) is 0. The second-order valence-corrected chi connectivity index (χ2v) is 3.91. The first kappa shape index (κ1) is 10.5. The Labute approximate surface area is 86.9 Å². The van der Waals surface area contributed by atoms with E-state index in [1.165, 1.54) is 18.2 Å². The lowest BCUT2D eigenvalue weighted by atomic mass is 9.86. The van der Waals surface area contributed by atoms with Crippen molar-refractivity contribution in [2.24, 2.45) is 0 Å². The monoisotopic (exact) mass is 213 g/mol. The molecule has 0 bridgehead atoms. The Morgan fingerprint density at radius 3 is 2.47 bits per heavy atom. The molecule has 2 nitrogen and oxygen atoms in total. The highest BCUT2D eigenvalue weighted by atomic mass is 19.1. The van der Waals surface area contributed by atoms with Gasteiger partial charge in [-0.3, -0.25) is 0 Å². The summed E-state index contributed by atoms with van der Waals surface area (Å²) in [4.78, 5) is 0. The molecule has 0 aromatic heterocycles. The number of piperidine rings is 1. The number of rotatable bonds is 1. The van der Waals surface area contributed by atoms with E-state index >= 15 is 0 Å². The van der Waals surface area contributed by atoms with Gasteiger partial charge < -0.3 is 10.4 Å². The number of nitrogens with one attached hydrogen (secondary N) is 1. The summed E-state index contributed by atoms with van der Waals surface area (Å²) in [6, 6.07) is 3.64. The maximum atomic E-state index is 13.5. The molecule has 1 heterocycles. The summed E-state index contributed by atoms with van der Waals surface area (Å²) in [6.07, 6.45) is 1.10. The standard InChI is InChI=1S/C11H13F2NO/c12-8-3-1-4-9(13)10(8)11(15)5-2-6-14-7-11/h1,3-4,14-15H,2,5-7H2. The van der Waals surface area contributed by atoms with E-state index in [1.807, 2.05) is 0 Å². The number of aliphatic hydroxyl groups is 1. The molecule has 15 heavy (non-hydrogen) atoms. The average molecular weight is 213 g/mol. The molecule has 1 aromatic rings. The number of β-amino-alcohol motifs (C(OH)–C–C–N with tert-alkyl or cyclic N) is 1. The summed E-state index contributed by atoms with van der Waals surface area (Å²) >= 11 is 0. The Kier molecular flexibility index (Phi) is 2.71. The van der Waals surface area contributed by atoms with Crippen LogP contribution in [0.4, 0.5) is 8.78 Å². The van der Waals surface area contributed by atoms with Gasteiger partial charge in [0.2, 0.25) is 0 Å². The zero-order valence-electron chi connectivity index (χ0n) is 8.26. The first-order valence-electron chi connectivity index (χ1n) is 5.01. The molecule has 1 saturated heterocycles. The van der Waals surface area contributed by atoms with Gasteiger partial charge in [-0.2, -0.15) is 0 Å². The fourth-order valence-corrected chi connectivity index (χ4v) is 2.05. The fraction of sp³-hybridized carbons (Fsp3) is 0.455. The van der Waals surface area contributed by atoms with Crippen LogP contribution < -0.4 is 5.32 Å². The molecule has 4 heteroatoms. The van der Waals surface area contributed by atoms with Gasteiger partial charge in [0.15, 0.2) is 0 Å². The van der Waals surface area contributed by atoms with Crippen LogP contribution in [0.25, 0.3) is 0 Å². The third-order valence-electron chi connectivity index (χ3n) is 2.79. The van der Waals surface area contributed by atoms with Crippen molar-refractivity contribution in [3.8, 4) is 0 Å². The van der Waals surface area contributed by atoms with Crippen LogP contribution in [0.2, 0.25) is 0 Å². The molecule has 2 rings (SSSR count). The molecule has 1 aliphatic rings. The van der Waals surface area contributed by atoms with Crippen LogP contribution in [0, 0.1) is 11.6 Å². The Bertz CT molecular complexity index is 341. The average Bonchev–Trinajstić information content (AvgIpc) is 2.18. The number of hydrogen-bond donors (Lipinski definition) is 2. The molecule has 0 aliphatic carbocycles. The normalized spacial score (nSPS) is 26.6. The minimum Gasteiger partial charge on any atom is -0.384 e. The van der Waals surface area contributed by atoms with Gasteiger partial charge in [-0.05, 0) is 31.5 Å². The fourth-order valence-electron chi connectivity index (χ4n) is 2.05. The van der Waals surface area contributed by atoms with E-state index in [9.17, 15) is 13.9 Å². The summed E-state index contributed by atoms with van der Waals surface area (Å²) in [6.45, 7) is 0.975. The van der Waals surface area contributed by atoms with Crippen molar-refractivity contribution in [3.63, 3.8) is 0 Å². The highest BCUT2D eigenvalue weighted by molar-refractivity contribution is 5.27. The number of benzene rings is 1. The van der Waals surface area contributed by atoms with Crippen LogP contribution in [0.5, 0.6) is 0 Å². The lowest BCUT2D eigenvalue weighted by Crippen LogP contribution is -2.44. The summed E-state index contributed by atoms with van der Waals surface area (Å²) in [5.41, 5.74) is -1.62. The maximum Gasteiger partial charge on any atom is 0.132 e. The first-order valence-corrected chi connectivity index (χ1v) is 5.01. The van der Waals surface area contributed by atoms with E-state index in [2.05, 4.69) is 5.32 Å².